The first-order valence-electron chi connectivity index (χ1n) is 7.66. The number of nitrogens with one attached hydrogen (secondary N) is 1. The maximum Gasteiger partial charge on any atom is 0.274 e. The van der Waals surface area contributed by atoms with Crippen molar-refractivity contribution in [3.63, 3.8) is 0 Å². The third kappa shape index (κ3) is 2.46. The second-order valence-corrected chi connectivity index (χ2v) is 6.55. The molecule has 5 nitrogen and oxygen atoms in total. The quantitative estimate of drug-likeness (QED) is 0.896. The van der Waals surface area contributed by atoms with Gasteiger partial charge < -0.3 is 10.2 Å². The first-order chi connectivity index (χ1) is 9.58. The summed E-state index contributed by atoms with van der Waals surface area (Å²) in [5.41, 5.74) is 0.554. The molecule has 20 heavy (non-hydrogen) atoms. The van der Waals surface area contributed by atoms with Crippen LogP contribution in [0, 0.1) is 0 Å². The zero-order valence-electron chi connectivity index (χ0n) is 12.4. The molecule has 0 saturated carbocycles. The lowest BCUT2D eigenvalue weighted by Crippen LogP contribution is -2.42. The molecule has 5 heteroatoms. The number of rotatable bonds is 2. The van der Waals surface area contributed by atoms with Gasteiger partial charge in [0.25, 0.3) is 5.91 Å². The van der Waals surface area contributed by atoms with E-state index in [4.69, 9.17) is 0 Å². The van der Waals surface area contributed by atoms with Gasteiger partial charge in [0.1, 0.15) is 5.69 Å². The van der Waals surface area contributed by atoms with Crippen LogP contribution in [0.5, 0.6) is 0 Å². The van der Waals surface area contributed by atoms with Crippen molar-refractivity contribution < 1.29 is 4.79 Å². The molecule has 1 atom stereocenters. The fourth-order valence-corrected chi connectivity index (χ4v) is 3.34. The predicted molar refractivity (Wildman–Crippen MR) is 77.7 cm³/mol. The van der Waals surface area contributed by atoms with Crippen molar-refractivity contribution >= 4 is 5.91 Å². The van der Waals surface area contributed by atoms with Gasteiger partial charge >= 0.3 is 0 Å². The molecule has 2 aliphatic heterocycles. The molecule has 0 bridgehead atoms. The highest BCUT2D eigenvalue weighted by Gasteiger charge is 2.36. The summed E-state index contributed by atoms with van der Waals surface area (Å²) < 4.78 is 1.96. The average Bonchev–Trinajstić information content (AvgIpc) is 3.05. The Kier molecular flexibility index (Phi) is 3.54. The van der Waals surface area contributed by atoms with E-state index in [1.165, 1.54) is 6.42 Å². The Balaban J connectivity index is 1.74. The molecule has 110 valence electrons. The van der Waals surface area contributed by atoms with Gasteiger partial charge in [-0.05, 0) is 52.1 Å². The molecule has 0 spiro atoms. The Morgan fingerprint density at radius 3 is 2.95 bits per heavy atom. The Morgan fingerprint density at radius 1 is 1.45 bits per heavy atom. The van der Waals surface area contributed by atoms with Gasteiger partial charge in [0.2, 0.25) is 0 Å². The lowest BCUT2D eigenvalue weighted by Gasteiger charge is -2.31. The maximum atomic E-state index is 12.6. The Labute approximate surface area is 120 Å². The smallest absolute Gasteiger partial charge is 0.274 e. The summed E-state index contributed by atoms with van der Waals surface area (Å²) in [5.74, 6) is 0.0787. The molecule has 0 aromatic carbocycles. The van der Waals surface area contributed by atoms with Gasteiger partial charge in [0.05, 0.1) is 6.04 Å². The second kappa shape index (κ2) is 5.20. The van der Waals surface area contributed by atoms with E-state index in [1.54, 1.807) is 0 Å². The summed E-state index contributed by atoms with van der Waals surface area (Å²) >= 11 is 0. The van der Waals surface area contributed by atoms with Crippen LogP contribution in [0.25, 0.3) is 0 Å². The molecule has 0 radical (unpaired) electrons. The second-order valence-electron chi connectivity index (χ2n) is 6.55. The number of nitrogens with zero attached hydrogens (tertiary/aromatic N) is 3. The van der Waals surface area contributed by atoms with Gasteiger partial charge in [-0.25, -0.2) is 0 Å². The minimum Gasteiger partial charge on any atom is -0.332 e. The number of likely N-dealkylation sites (tertiary alicyclic amines) is 1. The highest BCUT2D eigenvalue weighted by atomic mass is 16.2. The van der Waals surface area contributed by atoms with E-state index in [0.717, 1.165) is 38.9 Å². The first kappa shape index (κ1) is 13.6. The molecule has 2 saturated heterocycles. The third-order valence-corrected chi connectivity index (χ3v) is 4.62. The van der Waals surface area contributed by atoms with Crippen molar-refractivity contribution in [1.82, 2.24) is 20.0 Å². The van der Waals surface area contributed by atoms with E-state index in [2.05, 4.69) is 24.3 Å². The molecule has 2 aliphatic rings. The van der Waals surface area contributed by atoms with Crippen molar-refractivity contribution in [2.45, 2.75) is 51.1 Å². The van der Waals surface area contributed by atoms with Gasteiger partial charge in [0.15, 0.2) is 0 Å². The van der Waals surface area contributed by atoms with Crippen molar-refractivity contribution in [1.29, 1.82) is 0 Å². The molecule has 1 N–H and O–H groups in total. The van der Waals surface area contributed by atoms with Crippen LogP contribution < -0.4 is 5.32 Å². The van der Waals surface area contributed by atoms with Crippen molar-refractivity contribution in [3.8, 4) is 0 Å². The van der Waals surface area contributed by atoms with E-state index in [9.17, 15) is 4.79 Å². The monoisotopic (exact) mass is 276 g/mol. The van der Waals surface area contributed by atoms with E-state index in [0.29, 0.717) is 11.7 Å². The summed E-state index contributed by atoms with van der Waals surface area (Å²) in [5, 5.41) is 7.91. The summed E-state index contributed by atoms with van der Waals surface area (Å²) in [6.45, 7) is 7.17. The molecule has 1 aromatic rings. The van der Waals surface area contributed by atoms with E-state index in [-0.39, 0.29) is 11.4 Å². The van der Waals surface area contributed by atoms with Crippen molar-refractivity contribution in [2.24, 2.45) is 0 Å². The van der Waals surface area contributed by atoms with Gasteiger partial charge in [-0.3, -0.25) is 9.48 Å². The van der Waals surface area contributed by atoms with Crippen LogP contribution in [-0.2, 0) is 0 Å². The molecule has 1 unspecified atom stereocenters. The number of hydrogen-bond donors (Lipinski definition) is 1. The molecule has 1 amide bonds. The Bertz CT molecular complexity index is 488. The molecule has 0 aliphatic carbocycles. The highest BCUT2D eigenvalue weighted by Crippen LogP contribution is 2.29. The summed E-state index contributed by atoms with van der Waals surface area (Å²) in [6, 6.07) is 2.25. The van der Waals surface area contributed by atoms with Crippen LogP contribution in [0.1, 0.15) is 56.1 Å². The number of carbonyl (C=O) groups excluding carboxylic acids is 1. The molecule has 3 heterocycles. The average molecular weight is 276 g/mol. The normalized spacial score (nSPS) is 25.9. The molecule has 2 fully saturated rings. The van der Waals surface area contributed by atoms with E-state index in [1.807, 2.05) is 21.8 Å². The standard InChI is InChI=1S/C15H24N4O/c1-15(2)7-4-9-18(15)14(20)13-6-10-19(17-13)12-5-3-8-16-11-12/h6,10,12,16H,3-5,7-9,11H2,1-2H3. The van der Waals surface area contributed by atoms with Crippen LogP contribution in [0.3, 0.4) is 0 Å². The summed E-state index contributed by atoms with van der Waals surface area (Å²) in [4.78, 5) is 14.6. The first-order valence-corrected chi connectivity index (χ1v) is 7.66. The molecule has 1 aromatic heterocycles. The van der Waals surface area contributed by atoms with Crippen molar-refractivity contribution in [3.05, 3.63) is 18.0 Å². The van der Waals surface area contributed by atoms with Crippen molar-refractivity contribution in [2.75, 3.05) is 19.6 Å². The Morgan fingerprint density at radius 2 is 2.30 bits per heavy atom. The van der Waals surface area contributed by atoms with Gasteiger partial charge in [0, 0.05) is 24.8 Å². The SMILES string of the molecule is CC1(C)CCCN1C(=O)c1ccn(C2CCCNC2)n1. The largest absolute Gasteiger partial charge is 0.332 e. The number of piperidine rings is 1. The lowest BCUT2D eigenvalue weighted by molar-refractivity contribution is 0.0644. The van der Waals surface area contributed by atoms with E-state index < -0.39 is 0 Å². The topological polar surface area (TPSA) is 50.2 Å². The van der Waals surface area contributed by atoms with Gasteiger partial charge in [-0.1, -0.05) is 0 Å². The fraction of sp³-hybridized carbons (Fsp3) is 0.733. The van der Waals surface area contributed by atoms with Crippen LogP contribution in [0.2, 0.25) is 0 Å². The molecule has 3 rings (SSSR count). The fourth-order valence-electron chi connectivity index (χ4n) is 3.34. The van der Waals surface area contributed by atoms with Crippen LogP contribution in [0.4, 0.5) is 0 Å². The number of hydrogen-bond acceptors (Lipinski definition) is 3. The molecular weight excluding hydrogens is 252 g/mol. The number of amides is 1. The number of carbonyl (C=O) groups is 1. The minimum absolute atomic E-state index is 0.0345. The van der Waals surface area contributed by atoms with E-state index >= 15 is 0 Å². The van der Waals surface area contributed by atoms with Crippen LogP contribution in [0.15, 0.2) is 12.3 Å². The molecular formula is C15H24N4O. The zero-order valence-corrected chi connectivity index (χ0v) is 12.4. The van der Waals surface area contributed by atoms with Crippen LogP contribution >= 0.6 is 0 Å². The van der Waals surface area contributed by atoms with Gasteiger partial charge in [-0.2, -0.15) is 5.10 Å². The number of aromatic nitrogens is 2. The highest BCUT2D eigenvalue weighted by molar-refractivity contribution is 5.92. The summed E-state index contributed by atoms with van der Waals surface area (Å²) in [6.07, 6.45) is 6.43. The maximum absolute atomic E-state index is 12.6. The predicted octanol–water partition coefficient (Wildman–Crippen LogP) is 1.82. The third-order valence-electron chi connectivity index (χ3n) is 4.62. The van der Waals surface area contributed by atoms with Crippen LogP contribution in [-0.4, -0.2) is 45.8 Å². The lowest BCUT2D eigenvalue weighted by atomic mass is 10.0. The van der Waals surface area contributed by atoms with Gasteiger partial charge in [-0.15, -0.1) is 0 Å². The minimum atomic E-state index is -0.0345. The Hall–Kier alpha value is -1.36. The summed E-state index contributed by atoms with van der Waals surface area (Å²) in [7, 11) is 0. The zero-order chi connectivity index (χ0) is 14.2.